The van der Waals surface area contributed by atoms with E-state index in [-0.39, 0.29) is 16.7 Å². The van der Waals surface area contributed by atoms with E-state index in [0.29, 0.717) is 0 Å². The van der Waals surface area contributed by atoms with E-state index in [1.54, 1.807) is 0 Å². The molecule has 0 radical (unpaired) electrons. The van der Waals surface area contributed by atoms with E-state index < -0.39 is 23.4 Å². The molecule has 18 heavy (non-hydrogen) atoms. The third-order valence-electron chi connectivity index (χ3n) is 2.47. The Morgan fingerprint density at radius 3 is 2.28 bits per heavy atom. The second-order valence-electron chi connectivity index (χ2n) is 3.67. The second kappa shape index (κ2) is 4.44. The molecule has 0 saturated carbocycles. The Hall–Kier alpha value is -2.43. The van der Waals surface area contributed by atoms with Crippen LogP contribution in [0.4, 0.5) is 8.78 Å². The summed E-state index contributed by atoms with van der Waals surface area (Å²) in [6.45, 7) is 0. The van der Waals surface area contributed by atoms with Crippen molar-refractivity contribution in [3.05, 3.63) is 53.6 Å². The smallest absolute Gasteiger partial charge is 0.335 e. The molecule has 0 fully saturated rings. The van der Waals surface area contributed by atoms with Gasteiger partial charge in [-0.05, 0) is 29.8 Å². The van der Waals surface area contributed by atoms with E-state index >= 15 is 0 Å². The number of carbonyl (C=O) groups is 1. The van der Waals surface area contributed by atoms with Crippen LogP contribution in [0.25, 0.3) is 11.1 Å². The molecule has 0 aromatic heterocycles. The molecule has 0 unspecified atom stereocenters. The molecule has 2 aromatic carbocycles. The van der Waals surface area contributed by atoms with E-state index in [9.17, 15) is 13.6 Å². The SMILES string of the molecule is O=C(O)c1ccc(-c2ccc(O)c(F)c2)c(F)c1. The lowest BCUT2D eigenvalue weighted by Crippen LogP contribution is -1.97. The highest BCUT2D eigenvalue weighted by Gasteiger charge is 2.11. The van der Waals surface area contributed by atoms with Crippen molar-refractivity contribution in [3.63, 3.8) is 0 Å². The Labute approximate surface area is 101 Å². The van der Waals surface area contributed by atoms with E-state index in [2.05, 4.69) is 0 Å². The van der Waals surface area contributed by atoms with Crippen LogP contribution >= 0.6 is 0 Å². The van der Waals surface area contributed by atoms with Gasteiger partial charge in [0.25, 0.3) is 0 Å². The van der Waals surface area contributed by atoms with E-state index in [0.717, 1.165) is 18.2 Å². The first kappa shape index (κ1) is 12.0. The number of carboxylic acids is 1. The summed E-state index contributed by atoms with van der Waals surface area (Å²) in [5.74, 6) is -3.40. The number of phenols is 1. The normalized spacial score (nSPS) is 10.3. The van der Waals surface area contributed by atoms with Crippen molar-refractivity contribution < 1.29 is 23.8 Å². The lowest BCUT2D eigenvalue weighted by atomic mass is 10.0. The van der Waals surface area contributed by atoms with Crippen LogP contribution in [0.2, 0.25) is 0 Å². The maximum Gasteiger partial charge on any atom is 0.335 e. The zero-order valence-electron chi connectivity index (χ0n) is 9.02. The van der Waals surface area contributed by atoms with Gasteiger partial charge >= 0.3 is 5.97 Å². The van der Waals surface area contributed by atoms with Gasteiger partial charge in [0.15, 0.2) is 11.6 Å². The Kier molecular flexibility index (Phi) is 2.97. The van der Waals surface area contributed by atoms with Crippen molar-refractivity contribution in [1.82, 2.24) is 0 Å². The fourth-order valence-corrected chi connectivity index (χ4v) is 1.56. The highest BCUT2D eigenvalue weighted by Crippen LogP contribution is 2.27. The zero-order chi connectivity index (χ0) is 13.3. The molecule has 0 atom stereocenters. The number of aromatic hydroxyl groups is 1. The van der Waals surface area contributed by atoms with Crippen molar-refractivity contribution in [1.29, 1.82) is 0 Å². The number of phenolic OH excluding ortho intramolecular Hbond substituents is 1. The molecule has 0 aliphatic carbocycles. The van der Waals surface area contributed by atoms with Crippen molar-refractivity contribution in [2.45, 2.75) is 0 Å². The Morgan fingerprint density at radius 1 is 1.00 bits per heavy atom. The molecule has 5 heteroatoms. The minimum atomic E-state index is -1.24. The monoisotopic (exact) mass is 250 g/mol. The Balaban J connectivity index is 2.51. The number of benzene rings is 2. The summed E-state index contributed by atoms with van der Waals surface area (Å²) >= 11 is 0. The summed E-state index contributed by atoms with van der Waals surface area (Å²) < 4.78 is 26.8. The molecule has 3 nitrogen and oxygen atoms in total. The summed E-state index contributed by atoms with van der Waals surface area (Å²) in [5.41, 5.74) is 0.106. The van der Waals surface area contributed by atoms with Crippen LogP contribution in [-0.4, -0.2) is 16.2 Å². The summed E-state index contributed by atoms with van der Waals surface area (Å²) in [4.78, 5) is 10.6. The van der Waals surface area contributed by atoms with E-state index in [1.807, 2.05) is 0 Å². The van der Waals surface area contributed by atoms with E-state index in [4.69, 9.17) is 10.2 Å². The molecule has 0 spiro atoms. The molecule has 2 aromatic rings. The fourth-order valence-electron chi connectivity index (χ4n) is 1.56. The van der Waals surface area contributed by atoms with Crippen molar-refractivity contribution >= 4 is 5.97 Å². The molecule has 92 valence electrons. The molecular formula is C13H8F2O3. The molecule has 0 heterocycles. The standard InChI is InChI=1S/C13H8F2O3/c14-10-6-8(13(17)18)1-3-9(10)7-2-4-12(16)11(15)5-7/h1-6,16H,(H,17,18). The van der Waals surface area contributed by atoms with Gasteiger partial charge in [0.2, 0.25) is 0 Å². The van der Waals surface area contributed by atoms with E-state index in [1.165, 1.54) is 18.2 Å². The lowest BCUT2D eigenvalue weighted by molar-refractivity contribution is 0.0696. The third-order valence-corrected chi connectivity index (χ3v) is 2.47. The van der Waals surface area contributed by atoms with Gasteiger partial charge < -0.3 is 10.2 Å². The number of hydrogen-bond donors (Lipinski definition) is 2. The minimum Gasteiger partial charge on any atom is -0.505 e. The molecular weight excluding hydrogens is 242 g/mol. The average molecular weight is 250 g/mol. The second-order valence-corrected chi connectivity index (χ2v) is 3.67. The minimum absolute atomic E-state index is 0.0684. The van der Waals surface area contributed by atoms with Crippen molar-refractivity contribution in [3.8, 4) is 16.9 Å². The van der Waals surface area contributed by atoms with Gasteiger partial charge in [-0.1, -0.05) is 12.1 Å². The Bertz CT molecular complexity index is 624. The van der Waals surface area contributed by atoms with Crippen LogP contribution in [0.3, 0.4) is 0 Å². The van der Waals surface area contributed by atoms with Gasteiger partial charge in [-0.15, -0.1) is 0 Å². The first-order valence-corrected chi connectivity index (χ1v) is 5.01. The molecule has 0 aliphatic rings. The molecule has 2 rings (SSSR count). The average Bonchev–Trinajstić information content (AvgIpc) is 2.32. The zero-order valence-corrected chi connectivity index (χ0v) is 9.02. The van der Waals surface area contributed by atoms with Gasteiger partial charge in [0.1, 0.15) is 5.82 Å². The maximum atomic E-state index is 13.7. The highest BCUT2D eigenvalue weighted by atomic mass is 19.1. The van der Waals surface area contributed by atoms with Crippen LogP contribution in [0.15, 0.2) is 36.4 Å². The number of rotatable bonds is 2. The molecule has 0 bridgehead atoms. The van der Waals surface area contributed by atoms with Crippen molar-refractivity contribution in [2.75, 3.05) is 0 Å². The summed E-state index contributed by atoms with van der Waals surface area (Å²) in [6.07, 6.45) is 0. The van der Waals surface area contributed by atoms with Gasteiger partial charge in [-0.25, -0.2) is 13.6 Å². The first-order valence-electron chi connectivity index (χ1n) is 5.01. The van der Waals surface area contributed by atoms with Crippen LogP contribution in [0, 0.1) is 11.6 Å². The van der Waals surface area contributed by atoms with Crippen LogP contribution < -0.4 is 0 Å². The topological polar surface area (TPSA) is 57.5 Å². The largest absolute Gasteiger partial charge is 0.505 e. The summed E-state index contributed by atoms with van der Waals surface area (Å²) in [6, 6.07) is 6.78. The summed E-state index contributed by atoms with van der Waals surface area (Å²) in [5, 5.41) is 17.7. The van der Waals surface area contributed by atoms with Crippen LogP contribution in [0.5, 0.6) is 5.75 Å². The van der Waals surface area contributed by atoms with Gasteiger partial charge in [0.05, 0.1) is 5.56 Å². The van der Waals surface area contributed by atoms with Gasteiger partial charge in [-0.2, -0.15) is 0 Å². The first-order chi connectivity index (χ1) is 8.49. The number of aromatic carboxylic acids is 1. The number of hydrogen-bond acceptors (Lipinski definition) is 2. The number of halogens is 2. The highest BCUT2D eigenvalue weighted by molar-refractivity contribution is 5.88. The molecule has 2 N–H and O–H groups in total. The van der Waals surface area contributed by atoms with Gasteiger partial charge in [0, 0.05) is 5.56 Å². The summed E-state index contributed by atoms with van der Waals surface area (Å²) in [7, 11) is 0. The molecule has 0 aliphatic heterocycles. The lowest BCUT2D eigenvalue weighted by Gasteiger charge is -2.05. The molecule has 0 amide bonds. The predicted octanol–water partition coefficient (Wildman–Crippen LogP) is 3.04. The van der Waals surface area contributed by atoms with Gasteiger partial charge in [-0.3, -0.25) is 0 Å². The molecule has 0 saturated heterocycles. The van der Waals surface area contributed by atoms with Crippen LogP contribution in [0.1, 0.15) is 10.4 Å². The van der Waals surface area contributed by atoms with Crippen LogP contribution in [-0.2, 0) is 0 Å². The number of carboxylic acid groups (broad SMARTS) is 1. The van der Waals surface area contributed by atoms with Crippen molar-refractivity contribution in [2.24, 2.45) is 0 Å². The predicted molar refractivity (Wildman–Crippen MR) is 60.4 cm³/mol. The Morgan fingerprint density at radius 2 is 1.72 bits per heavy atom. The quantitative estimate of drug-likeness (QED) is 0.861. The maximum absolute atomic E-state index is 13.7. The fraction of sp³-hybridized carbons (Fsp3) is 0. The third kappa shape index (κ3) is 2.15.